The summed E-state index contributed by atoms with van der Waals surface area (Å²) in [6.45, 7) is 3.18. The smallest absolute Gasteiger partial charge is 0.193 e. The molecule has 0 saturated heterocycles. The zero-order chi connectivity index (χ0) is 14.7. The number of thiophene rings is 1. The molecule has 4 nitrogen and oxygen atoms in total. The van der Waals surface area contributed by atoms with Gasteiger partial charge < -0.3 is 10.1 Å². The van der Waals surface area contributed by atoms with Crippen molar-refractivity contribution in [3.63, 3.8) is 0 Å². The van der Waals surface area contributed by atoms with E-state index in [0.717, 1.165) is 35.8 Å². The normalized spacial score (nSPS) is 12.9. The summed E-state index contributed by atoms with van der Waals surface area (Å²) in [5.41, 5.74) is 1.12. The lowest BCUT2D eigenvalue weighted by atomic mass is 10.1. The number of thiazole rings is 1. The van der Waals surface area contributed by atoms with Crippen molar-refractivity contribution in [2.24, 2.45) is 0 Å². The van der Waals surface area contributed by atoms with Crippen LogP contribution in [0.1, 0.15) is 30.0 Å². The molecule has 0 aliphatic heterocycles. The van der Waals surface area contributed by atoms with Crippen molar-refractivity contribution in [1.82, 2.24) is 14.7 Å². The molecule has 1 unspecified atom stereocenters. The van der Waals surface area contributed by atoms with Gasteiger partial charge in [-0.15, -0.1) is 22.7 Å². The fraction of sp³-hybridized carbons (Fsp3) is 0.400. The Morgan fingerprint density at radius 3 is 3.05 bits per heavy atom. The Bertz CT molecular complexity index is 672. The average Bonchev–Trinajstić information content (AvgIpc) is 3.17. The highest BCUT2D eigenvalue weighted by Crippen LogP contribution is 2.32. The van der Waals surface area contributed by atoms with Gasteiger partial charge >= 0.3 is 0 Å². The number of nitrogens with zero attached hydrogens (tertiary/aromatic N) is 2. The van der Waals surface area contributed by atoms with Crippen LogP contribution in [0.4, 0.5) is 0 Å². The summed E-state index contributed by atoms with van der Waals surface area (Å²) < 4.78 is 7.56. The van der Waals surface area contributed by atoms with Crippen molar-refractivity contribution in [2.45, 2.75) is 25.8 Å². The topological polar surface area (TPSA) is 38.6 Å². The third-order valence-corrected chi connectivity index (χ3v) is 5.17. The van der Waals surface area contributed by atoms with Gasteiger partial charge in [-0.1, -0.05) is 6.92 Å². The van der Waals surface area contributed by atoms with Crippen LogP contribution in [0.25, 0.3) is 4.96 Å². The van der Waals surface area contributed by atoms with Gasteiger partial charge in [0.1, 0.15) is 5.75 Å². The summed E-state index contributed by atoms with van der Waals surface area (Å²) in [6, 6.07) is 2.29. The van der Waals surface area contributed by atoms with Crippen LogP contribution in [0, 0.1) is 0 Å². The zero-order valence-corrected chi connectivity index (χ0v) is 13.8. The highest BCUT2D eigenvalue weighted by atomic mass is 32.1. The Hall–Kier alpha value is -1.37. The van der Waals surface area contributed by atoms with Gasteiger partial charge in [0, 0.05) is 24.2 Å². The van der Waals surface area contributed by atoms with Crippen LogP contribution < -0.4 is 10.1 Å². The van der Waals surface area contributed by atoms with Crippen molar-refractivity contribution in [2.75, 3.05) is 13.7 Å². The highest BCUT2D eigenvalue weighted by Gasteiger charge is 2.19. The summed E-state index contributed by atoms with van der Waals surface area (Å²) in [5, 5.41) is 7.76. The minimum absolute atomic E-state index is 0.254. The van der Waals surface area contributed by atoms with E-state index in [9.17, 15) is 0 Å². The molecular formula is C15H19N3OS2. The van der Waals surface area contributed by atoms with E-state index in [4.69, 9.17) is 9.72 Å². The summed E-state index contributed by atoms with van der Waals surface area (Å²) in [7, 11) is 1.73. The van der Waals surface area contributed by atoms with E-state index in [1.165, 1.54) is 4.88 Å². The van der Waals surface area contributed by atoms with Gasteiger partial charge in [-0.3, -0.25) is 4.40 Å². The molecule has 1 atom stereocenters. The summed E-state index contributed by atoms with van der Waals surface area (Å²) in [6.07, 6.45) is 6.16. The van der Waals surface area contributed by atoms with Gasteiger partial charge in [0.25, 0.3) is 0 Å². The molecule has 0 radical (unpaired) electrons. The zero-order valence-electron chi connectivity index (χ0n) is 12.2. The fourth-order valence-corrected chi connectivity index (χ4v) is 4.05. The minimum Gasteiger partial charge on any atom is -0.496 e. The molecule has 21 heavy (non-hydrogen) atoms. The molecule has 3 aromatic heterocycles. The van der Waals surface area contributed by atoms with Crippen LogP contribution in [0.3, 0.4) is 0 Å². The van der Waals surface area contributed by atoms with E-state index in [1.54, 1.807) is 29.8 Å². The first-order chi connectivity index (χ1) is 10.3. The molecule has 6 heteroatoms. The first-order valence-electron chi connectivity index (χ1n) is 7.07. The Kier molecular flexibility index (Phi) is 4.57. The second-order valence-electron chi connectivity index (χ2n) is 4.89. The Labute approximate surface area is 132 Å². The lowest BCUT2D eigenvalue weighted by molar-refractivity contribution is 0.402. The number of fused-ring (bicyclic) bond motifs is 1. The molecule has 112 valence electrons. The van der Waals surface area contributed by atoms with Crippen LogP contribution in [0.2, 0.25) is 0 Å². The molecule has 0 aliphatic rings. The molecule has 3 rings (SSSR count). The summed E-state index contributed by atoms with van der Waals surface area (Å²) in [5.74, 6) is 0.967. The van der Waals surface area contributed by atoms with Crippen molar-refractivity contribution in [1.29, 1.82) is 0 Å². The van der Waals surface area contributed by atoms with E-state index < -0.39 is 0 Å². The molecule has 0 amide bonds. The Morgan fingerprint density at radius 1 is 1.38 bits per heavy atom. The maximum atomic E-state index is 5.47. The predicted molar refractivity (Wildman–Crippen MR) is 88.7 cm³/mol. The van der Waals surface area contributed by atoms with Crippen molar-refractivity contribution in [3.8, 4) is 5.75 Å². The quantitative estimate of drug-likeness (QED) is 0.720. The lowest BCUT2D eigenvalue weighted by Gasteiger charge is -2.17. The van der Waals surface area contributed by atoms with Crippen molar-refractivity contribution < 1.29 is 4.74 Å². The van der Waals surface area contributed by atoms with E-state index in [-0.39, 0.29) is 6.04 Å². The molecule has 0 fully saturated rings. The van der Waals surface area contributed by atoms with Gasteiger partial charge in [0.15, 0.2) is 4.96 Å². The third-order valence-electron chi connectivity index (χ3n) is 3.39. The van der Waals surface area contributed by atoms with Gasteiger partial charge in [-0.25, -0.2) is 4.98 Å². The van der Waals surface area contributed by atoms with E-state index >= 15 is 0 Å². The third kappa shape index (κ3) is 3.12. The molecule has 0 saturated carbocycles. The minimum atomic E-state index is 0.254. The van der Waals surface area contributed by atoms with E-state index in [2.05, 4.69) is 39.8 Å². The highest BCUT2D eigenvalue weighted by molar-refractivity contribution is 7.15. The molecule has 0 aromatic carbocycles. The first-order valence-corrected chi connectivity index (χ1v) is 8.83. The number of hydrogen-bond acceptors (Lipinski definition) is 5. The van der Waals surface area contributed by atoms with E-state index in [0.29, 0.717) is 0 Å². The van der Waals surface area contributed by atoms with Gasteiger partial charge in [0.05, 0.1) is 23.7 Å². The van der Waals surface area contributed by atoms with Crippen LogP contribution in [0.15, 0.2) is 29.2 Å². The van der Waals surface area contributed by atoms with Crippen LogP contribution in [-0.4, -0.2) is 23.0 Å². The maximum absolute atomic E-state index is 5.47. The number of rotatable bonds is 7. The number of nitrogens with one attached hydrogen (secondary N) is 1. The molecule has 0 aliphatic carbocycles. The number of ether oxygens (including phenoxy) is 1. The van der Waals surface area contributed by atoms with E-state index in [1.807, 2.05) is 6.07 Å². The average molecular weight is 321 g/mol. The molecule has 0 spiro atoms. The van der Waals surface area contributed by atoms with Gasteiger partial charge in [-0.05, 0) is 24.4 Å². The maximum Gasteiger partial charge on any atom is 0.193 e. The summed E-state index contributed by atoms with van der Waals surface area (Å²) >= 11 is 3.41. The standard InChI is InChI=1S/C15H19N3OS2/c1-3-5-16-12(14-13(19-2)4-7-20-14)9-11-10-18-6-8-21-15(18)17-11/h4,6-8,10,12,16H,3,5,9H2,1-2H3. The largest absolute Gasteiger partial charge is 0.496 e. The van der Waals surface area contributed by atoms with Crippen molar-refractivity contribution in [3.05, 3.63) is 39.8 Å². The first kappa shape index (κ1) is 14.6. The summed E-state index contributed by atoms with van der Waals surface area (Å²) in [4.78, 5) is 7.00. The van der Waals surface area contributed by atoms with Gasteiger partial charge in [-0.2, -0.15) is 0 Å². The Balaban J connectivity index is 1.83. The SMILES string of the molecule is CCCNC(Cc1cn2ccsc2n1)c1sccc1OC. The van der Waals surface area contributed by atoms with Crippen molar-refractivity contribution >= 4 is 27.6 Å². The van der Waals surface area contributed by atoms with Crippen LogP contribution >= 0.6 is 22.7 Å². The van der Waals surface area contributed by atoms with Gasteiger partial charge in [0.2, 0.25) is 0 Å². The molecule has 1 N–H and O–H groups in total. The monoisotopic (exact) mass is 321 g/mol. The van der Waals surface area contributed by atoms with Crippen LogP contribution in [0.5, 0.6) is 5.75 Å². The van der Waals surface area contributed by atoms with Crippen LogP contribution in [-0.2, 0) is 6.42 Å². The molecule has 3 aromatic rings. The number of methoxy groups -OCH3 is 1. The molecular weight excluding hydrogens is 302 g/mol. The molecule has 3 heterocycles. The second kappa shape index (κ2) is 6.60. The lowest BCUT2D eigenvalue weighted by Crippen LogP contribution is -2.23. The predicted octanol–water partition coefficient (Wildman–Crippen LogP) is 3.75. The fourth-order valence-electron chi connectivity index (χ4n) is 2.39. The second-order valence-corrected chi connectivity index (χ2v) is 6.71. The number of aromatic nitrogens is 2. The number of imidazole rings is 1. The number of hydrogen-bond donors (Lipinski definition) is 1. The molecule has 0 bridgehead atoms. The Morgan fingerprint density at radius 2 is 2.29 bits per heavy atom.